The van der Waals surface area contributed by atoms with Crippen molar-refractivity contribution in [2.75, 3.05) is 44.2 Å². The lowest BCUT2D eigenvalue weighted by atomic mass is 10.1. The Hall–Kier alpha value is -1.31. The number of alkyl halides is 3. The van der Waals surface area contributed by atoms with Crippen LogP contribution in [0.5, 0.6) is 0 Å². The number of anilines is 1. The molecule has 7 heteroatoms. The van der Waals surface area contributed by atoms with E-state index in [0.717, 1.165) is 25.7 Å². The molecule has 2 aliphatic rings. The number of rotatable bonds is 2. The van der Waals surface area contributed by atoms with E-state index < -0.39 is 11.7 Å². The number of aliphatic hydroxyl groups is 1. The van der Waals surface area contributed by atoms with Crippen molar-refractivity contribution in [3.05, 3.63) is 29.8 Å². The van der Waals surface area contributed by atoms with Crippen LogP contribution in [0.1, 0.15) is 5.56 Å². The highest BCUT2D eigenvalue weighted by molar-refractivity contribution is 5.49. The van der Waals surface area contributed by atoms with E-state index in [-0.39, 0.29) is 12.1 Å². The number of halogens is 3. The van der Waals surface area contributed by atoms with Crippen LogP contribution in [0.2, 0.25) is 0 Å². The summed E-state index contributed by atoms with van der Waals surface area (Å²) >= 11 is 0. The number of nitrogens with one attached hydrogen (secondary N) is 1. The van der Waals surface area contributed by atoms with Gasteiger partial charge in [-0.15, -0.1) is 0 Å². The lowest BCUT2D eigenvalue weighted by molar-refractivity contribution is -0.137. The number of hydrogen-bond donors (Lipinski definition) is 2. The third-order valence-corrected chi connectivity index (χ3v) is 4.47. The van der Waals surface area contributed by atoms with Gasteiger partial charge in [-0.25, -0.2) is 0 Å². The first-order valence-electron chi connectivity index (χ1n) is 7.50. The molecule has 1 aromatic carbocycles. The van der Waals surface area contributed by atoms with E-state index in [2.05, 4.69) is 10.2 Å². The van der Waals surface area contributed by atoms with Gasteiger partial charge in [0.05, 0.1) is 11.7 Å². The number of β-amino-alcohol motifs (C(OH)–C–C–N with tert-alkyl or cyclic N) is 1. The second kappa shape index (κ2) is 6.06. The molecule has 0 aromatic heterocycles. The van der Waals surface area contributed by atoms with Crippen molar-refractivity contribution in [3.63, 3.8) is 0 Å². The topological polar surface area (TPSA) is 38.7 Å². The predicted octanol–water partition coefficient (Wildman–Crippen LogP) is 1.16. The Kier molecular flexibility index (Phi) is 4.29. The maximum Gasteiger partial charge on any atom is 0.416 e. The van der Waals surface area contributed by atoms with Crippen LogP contribution in [0.3, 0.4) is 0 Å². The van der Waals surface area contributed by atoms with Gasteiger partial charge in [-0.1, -0.05) is 6.07 Å². The van der Waals surface area contributed by atoms with Crippen LogP contribution in [-0.4, -0.2) is 61.4 Å². The Labute approximate surface area is 127 Å². The summed E-state index contributed by atoms with van der Waals surface area (Å²) in [6.07, 6.45) is -4.67. The average Bonchev–Trinajstić information content (AvgIpc) is 2.93. The van der Waals surface area contributed by atoms with Crippen LogP contribution in [0.15, 0.2) is 24.3 Å². The van der Waals surface area contributed by atoms with Crippen molar-refractivity contribution < 1.29 is 18.3 Å². The fourth-order valence-corrected chi connectivity index (χ4v) is 3.21. The van der Waals surface area contributed by atoms with Crippen molar-refractivity contribution in [1.29, 1.82) is 0 Å². The summed E-state index contributed by atoms with van der Waals surface area (Å²) in [5.41, 5.74) is 0.00224. The zero-order valence-corrected chi connectivity index (χ0v) is 12.2. The molecule has 122 valence electrons. The first kappa shape index (κ1) is 15.6. The molecular weight excluding hydrogens is 295 g/mol. The molecule has 0 saturated carbocycles. The molecule has 22 heavy (non-hydrogen) atoms. The Morgan fingerprint density at radius 1 is 1.09 bits per heavy atom. The molecule has 0 spiro atoms. The van der Waals surface area contributed by atoms with Gasteiger partial charge in [-0.2, -0.15) is 13.2 Å². The van der Waals surface area contributed by atoms with Crippen LogP contribution >= 0.6 is 0 Å². The number of aliphatic hydroxyl groups excluding tert-OH is 1. The standard InChI is InChI=1S/C15H20F3N3O/c16-15(17,18)11-2-1-3-12(8-11)20-4-6-21(7-5-20)13-9-19-10-14(13)22/h1-3,8,13-14,19,22H,4-7,9-10H2/t13-,14-/m0/s1. The molecule has 0 amide bonds. The van der Waals surface area contributed by atoms with Crippen LogP contribution < -0.4 is 10.2 Å². The van der Waals surface area contributed by atoms with Gasteiger partial charge in [0.1, 0.15) is 0 Å². The summed E-state index contributed by atoms with van der Waals surface area (Å²) < 4.78 is 38.3. The van der Waals surface area contributed by atoms with Gasteiger partial charge in [0.15, 0.2) is 0 Å². The molecule has 3 rings (SSSR count). The second-order valence-electron chi connectivity index (χ2n) is 5.86. The highest BCUT2D eigenvalue weighted by Crippen LogP contribution is 2.32. The molecule has 2 fully saturated rings. The molecule has 0 unspecified atom stereocenters. The van der Waals surface area contributed by atoms with E-state index in [1.165, 1.54) is 12.1 Å². The molecule has 2 saturated heterocycles. The van der Waals surface area contributed by atoms with E-state index in [9.17, 15) is 18.3 Å². The minimum Gasteiger partial charge on any atom is -0.390 e. The zero-order valence-electron chi connectivity index (χ0n) is 12.2. The quantitative estimate of drug-likeness (QED) is 0.859. The van der Waals surface area contributed by atoms with E-state index in [1.54, 1.807) is 6.07 Å². The molecule has 0 radical (unpaired) electrons. The molecule has 0 bridgehead atoms. The number of piperazine rings is 1. The third kappa shape index (κ3) is 3.21. The van der Waals surface area contributed by atoms with Gasteiger partial charge in [-0.3, -0.25) is 4.90 Å². The van der Waals surface area contributed by atoms with Crippen molar-refractivity contribution in [2.24, 2.45) is 0 Å². The Morgan fingerprint density at radius 3 is 2.41 bits per heavy atom. The lowest BCUT2D eigenvalue weighted by Gasteiger charge is -2.39. The number of nitrogens with zero attached hydrogens (tertiary/aromatic N) is 2. The van der Waals surface area contributed by atoms with Crippen molar-refractivity contribution in [1.82, 2.24) is 10.2 Å². The fraction of sp³-hybridized carbons (Fsp3) is 0.600. The summed E-state index contributed by atoms with van der Waals surface area (Å²) in [7, 11) is 0. The minimum atomic E-state index is -4.31. The van der Waals surface area contributed by atoms with Crippen molar-refractivity contribution in [3.8, 4) is 0 Å². The molecule has 2 N–H and O–H groups in total. The van der Waals surface area contributed by atoms with Gasteiger partial charge >= 0.3 is 6.18 Å². The molecular formula is C15H20F3N3O. The van der Waals surface area contributed by atoms with Crippen LogP contribution in [0, 0.1) is 0 Å². The molecule has 2 aliphatic heterocycles. The van der Waals surface area contributed by atoms with Gasteiger partial charge in [-0.05, 0) is 18.2 Å². The molecule has 2 heterocycles. The zero-order chi connectivity index (χ0) is 15.7. The monoisotopic (exact) mass is 315 g/mol. The molecule has 4 nitrogen and oxygen atoms in total. The largest absolute Gasteiger partial charge is 0.416 e. The number of benzene rings is 1. The van der Waals surface area contributed by atoms with Crippen molar-refractivity contribution in [2.45, 2.75) is 18.3 Å². The van der Waals surface area contributed by atoms with Gasteiger partial charge < -0.3 is 15.3 Å². The van der Waals surface area contributed by atoms with Gasteiger partial charge in [0.2, 0.25) is 0 Å². The highest BCUT2D eigenvalue weighted by atomic mass is 19.4. The number of hydrogen-bond acceptors (Lipinski definition) is 4. The maximum atomic E-state index is 12.8. The normalized spacial score (nSPS) is 27.4. The Bertz CT molecular complexity index is 515. The summed E-state index contributed by atoms with van der Waals surface area (Å²) in [5, 5.41) is 13.1. The summed E-state index contributed by atoms with van der Waals surface area (Å²) in [5.74, 6) is 0. The Morgan fingerprint density at radius 2 is 1.82 bits per heavy atom. The van der Waals surface area contributed by atoms with Gasteiger partial charge in [0.25, 0.3) is 0 Å². The van der Waals surface area contributed by atoms with Crippen molar-refractivity contribution >= 4 is 5.69 Å². The van der Waals surface area contributed by atoms with Crippen LogP contribution in [0.4, 0.5) is 18.9 Å². The first-order valence-corrected chi connectivity index (χ1v) is 7.50. The van der Waals surface area contributed by atoms with E-state index in [0.29, 0.717) is 25.3 Å². The second-order valence-corrected chi connectivity index (χ2v) is 5.86. The van der Waals surface area contributed by atoms with Crippen LogP contribution in [-0.2, 0) is 6.18 Å². The third-order valence-electron chi connectivity index (χ3n) is 4.47. The highest BCUT2D eigenvalue weighted by Gasteiger charge is 2.33. The SMILES string of the molecule is O[C@H]1CNC[C@@H]1N1CCN(c2cccc(C(F)(F)F)c2)CC1. The summed E-state index contributed by atoms with van der Waals surface area (Å²) in [6, 6.07) is 5.59. The molecule has 2 atom stereocenters. The van der Waals surface area contributed by atoms with Crippen LogP contribution in [0.25, 0.3) is 0 Å². The lowest BCUT2D eigenvalue weighted by Crippen LogP contribution is -2.53. The molecule has 0 aliphatic carbocycles. The van der Waals surface area contributed by atoms with E-state index >= 15 is 0 Å². The average molecular weight is 315 g/mol. The fourth-order valence-electron chi connectivity index (χ4n) is 3.21. The Balaban J connectivity index is 1.64. The summed E-state index contributed by atoms with van der Waals surface area (Å²) in [4.78, 5) is 4.19. The predicted molar refractivity (Wildman–Crippen MR) is 77.9 cm³/mol. The smallest absolute Gasteiger partial charge is 0.390 e. The van der Waals surface area contributed by atoms with E-state index in [1.807, 2.05) is 4.90 Å². The van der Waals surface area contributed by atoms with E-state index in [4.69, 9.17) is 0 Å². The minimum absolute atomic E-state index is 0.114. The maximum absolute atomic E-state index is 12.8. The summed E-state index contributed by atoms with van der Waals surface area (Å²) in [6.45, 7) is 4.22. The first-order chi connectivity index (χ1) is 10.4. The van der Waals surface area contributed by atoms with Gasteiger partial charge in [0, 0.05) is 51.0 Å². The molecule has 1 aromatic rings.